The number of amides is 1. The van der Waals surface area contributed by atoms with E-state index in [1.54, 1.807) is 12.3 Å². The van der Waals surface area contributed by atoms with Crippen molar-refractivity contribution in [3.05, 3.63) is 47.9 Å². The van der Waals surface area contributed by atoms with Gasteiger partial charge in [-0.1, -0.05) is 6.92 Å². The molecular weight excluding hydrogens is 316 g/mol. The smallest absolute Gasteiger partial charge is 0.267 e. The van der Waals surface area contributed by atoms with Crippen molar-refractivity contribution < 1.29 is 4.79 Å². The first-order valence-corrected chi connectivity index (χ1v) is 8.57. The molecule has 1 amide bonds. The highest BCUT2D eigenvalue weighted by atomic mass is 16.1. The van der Waals surface area contributed by atoms with Gasteiger partial charge in [-0.05, 0) is 36.4 Å². The minimum Gasteiger partial charge on any atom is -0.381 e. The van der Waals surface area contributed by atoms with Crippen molar-refractivity contribution in [3.63, 3.8) is 0 Å². The Kier molecular flexibility index (Phi) is 5.45. The van der Waals surface area contributed by atoms with Gasteiger partial charge in [-0.2, -0.15) is 0 Å². The molecular formula is C18H24N6O. The molecule has 132 valence electrons. The quantitative estimate of drug-likeness (QED) is 0.825. The van der Waals surface area contributed by atoms with Gasteiger partial charge < -0.3 is 20.9 Å². The molecule has 1 aliphatic rings. The third kappa shape index (κ3) is 4.45. The van der Waals surface area contributed by atoms with Crippen LogP contribution < -0.4 is 16.0 Å². The maximum Gasteiger partial charge on any atom is 0.267 e. The van der Waals surface area contributed by atoms with Crippen LogP contribution in [0.1, 0.15) is 23.0 Å². The Labute approximate surface area is 147 Å². The Balaban J connectivity index is 1.62. The molecule has 3 heterocycles. The summed E-state index contributed by atoms with van der Waals surface area (Å²) in [6.45, 7) is 8.11. The first kappa shape index (κ1) is 17.2. The second-order valence-electron chi connectivity index (χ2n) is 6.09. The molecule has 0 aliphatic carbocycles. The summed E-state index contributed by atoms with van der Waals surface area (Å²) in [6, 6.07) is 7.59. The summed E-state index contributed by atoms with van der Waals surface area (Å²) in [7, 11) is 0. The fourth-order valence-electron chi connectivity index (χ4n) is 2.92. The summed E-state index contributed by atoms with van der Waals surface area (Å²) in [6.07, 6.45) is 3.42. The molecule has 0 saturated carbocycles. The number of anilines is 2. The SMILES string of the molecule is CCN1CCN(c2cc(CNc3ccnc(C(N)=O)c3)ccn2)CC1. The zero-order chi connectivity index (χ0) is 17.6. The van der Waals surface area contributed by atoms with Crippen molar-refractivity contribution in [3.8, 4) is 0 Å². The number of piperazine rings is 1. The number of nitrogens with one attached hydrogen (secondary N) is 1. The Morgan fingerprint density at radius 1 is 1.16 bits per heavy atom. The van der Waals surface area contributed by atoms with E-state index >= 15 is 0 Å². The van der Waals surface area contributed by atoms with Gasteiger partial charge in [0.05, 0.1) is 0 Å². The Morgan fingerprint density at radius 2 is 1.92 bits per heavy atom. The molecule has 0 bridgehead atoms. The Bertz CT molecular complexity index is 727. The molecule has 7 heteroatoms. The number of aromatic nitrogens is 2. The standard InChI is InChI=1S/C18H24N6O/c1-2-23-7-9-24(10-8-23)17-11-14(3-5-21-17)13-22-15-4-6-20-16(12-15)18(19)25/h3-6,11-12H,2,7-10,13H2,1H3,(H2,19,25)(H,20,22). The molecule has 2 aromatic rings. The Morgan fingerprint density at radius 3 is 2.64 bits per heavy atom. The topological polar surface area (TPSA) is 87.4 Å². The summed E-state index contributed by atoms with van der Waals surface area (Å²) >= 11 is 0. The van der Waals surface area contributed by atoms with E-state index in [2.05, 4.69) is 38.1 Å². The summed E-state index contributed by atoms with van der Waals surface area (Å²) in [4.78, 5) is 24.4. The number of rotatable bonds is 6. The van der Waals surface area contributed by atoms with E-state index < -0.39 is 5.91 Å². The van der Waals surface area contributed by atoms with Crippen molar-refractivity contribution in [2.75, 3.05) is 42.9 Å². The largest absolute Gasteiger partial charge is 0.381 e. The molecule has 0 aromatic carbocycles. The number of hydrogen-bond donors (Lipinski definition) is 2. The maximum atomic E-state index is 11.2. The predicted octanol–water partition coefficient (Wildman–Crippen LogP) is 1.33. The highest BCUT2D eigenvalue weighted by Crippen LogP contribution is 2.16. The second-order valence-corrected chi connectivity index (χ2v) is 6.09. The number of likely N-dealkylation sites (N-methyl/N-ethyl adjacent to an activating group) is 1. The number of carbonyl (C=O) groups is 1. The van der Waals surface area contributed by atoms with Crippen molar-refractivity contribution in [1.82, 2.24) is 14.9 Å². The molecule has 0 radical (unpaired) electrons. The molecule has 0 atom stereocenters. The van der Waals surface area contributed by atoms with Crippen LogP contribution in [0.4, 0.5) is 11.5 Å². The van der Waals surface area contributed by atoms with Gasteiger partial charge in [0.25, 0.3) is 5.91 Å². The molecule has 0 spiro atoms. The average molecular weight is 340 g/mol. The van der Waals surface area contributed by atoms with Crippen LogP contribution in [0, 0.1) is 0 Å². The number of nitrogens with zero attached hydrogens (tertiary/aromatic N) is 4. The number of pyridine rings is 2. The van der Waals surface area contributed by atoms with Gasteiger partial charge in [-0.3, -0.25) is 9.78 Å². The fourth-order valence-corrected chi connectivity index (χ4v) is 2.92. The minimum absolute atomic E-state index is 0.259. The zero-order valence-corrected chi connectivity index (χ0v) is 14.5. The molecule has 1 saturated heterocycles. The summed E-state index contributed by atoms with van der Waals surface area (Å²) < 4.78 is 0. The van der Waals surface area contributed by atoms with Crippen molar-refractivity contribution in [2.45, 2.75) is 13.5 Å². The van der Waals surface area contributed by atoms with Crippen molar-refractivity contribution in [1.29, 1.82) is 0 Å². The number of nitrogens with two attached hydrogens (primary N) is 1. The lowest BCUT2D eigenvalue weighted by atomic mass is 10.2. The van der Waals surface area contributed by atoms with Gasteiger partial charge in [0.1, 0.15) is 11.5 Å². The maximum absolute atomic E-state index is 11.2. The number of hydrogen-bond acceptors (Lipinski definition) is 6. The first-order chi connectivity index (χ1) is 12.2. The van der Waals surface area contributed by atoms with Gasteiger partial charge >= 0.3 is 0 Å². The highest BCUT2D eigenvalue weighted by Gasteiger charge is 2.16. The van der Waals surface area contributed by atoms with Gasteiger partial charge in [0, 0.05) is 50.8 Å². The van der Waals surface area contributed by atoms with Crippen LogP contribution in [-0.4, -0.2) is 53.5 Å². The predicted molar refractivity (Wildman–Crippen MR) is 98.6 cm³/mol. The molecule has 1 aliphatic heterocycles. The molecule has 7 nitrogen and oxygen atoms in total. The lowest BCUT2D eigenvalue weighted by Crippen LogP contribution is -2.46. The van der Waals surface area contributed by atoms with Crippen LogP contribution in [-0.2, 0) is 6.54 Å². The third-order valence-corrected chi connectivity index (χ3v) is 4.46. The lowest BCUT2D eigenvalue weighted by molar-refractivity contribution is 0.0995. The van der Waals surface area contributed by atoms with Crippen LogP contribution >= 0.6 is 0 Å². The third-order valence-electron chi connectivity index (χ3n) is 4.46. The van der Waals surface area contributed by atoms with Gasteiger partial charge in [0.2, 0.25) is 0 Å². The molecule has 25 heavy (non-hydrogen) atoms. The molecule has 0 unspecified atom stereocenters. The summed E-state index contributed by atoms with van der Waals surface area (Å²) in [5, 5.41) is 3.30. The minimum atomic E-state index is -0.527. The average Bonchev–Trinajstić information content (AvgIpc) is 2.67. The molecule has 3 N–H and O–H groups in total. The van der Waals surface area contributed by atoms with E-state index in [1.807, 2.05) is 18.3 Å². The van der Waals surface area contributed by atoms with Crippen LogP contribution in [0.2, 0.25) is 0 Å². The van der Waals surface area contributed by atoms with Gasteiger partial charge in [-0.25, -0.2) is 4.98 Å². The van der Waals surface area contributed by atoms with Gasteiger partial charge in [0.15, 0.2) is 0 Å². The molecule has 2 aromatic heterocycles. The van der Waals surface area contributed by atoms with E-state index in [0.29, 0.717) is 6.54 Å². The van der Waals surface area contributed by atoms with Crippen LogP contribution in [0.3, 0.4) is 0 Å². The van der Waals surface area contributed by atoms with Crippen LogP contribution in [0.15, 0.2) is 36.7 Å². The molecule has 3 rings (SSSR count). The highest BCUT2D eigenvalue weighted by molar-refractivity contribution is 5.91. The van der Waals surface area contributed by atoms with Gasteiger partial charge in [-0.15, -0.1) is 0 Å². The molecule has 1 fully saturated rings. The van der Waals surface area contributed by atoms with E-state index in [9.17, 15) is 4.79 Å². The van der Waals surface area contributed by atoms with Crippen LogP contribution in [0.25, 0.3) is 0 Å². The second kappa shape index (κ2) is 7.94. The Hall–Kier alpha value is -2.67. The fraction of sp³-hybridized carbons (Fsp3) is 0.389. The summed E-state index contributed by atoms with van der Waals surface area (Å²) in [5.74, 6) is 0.490. The van der Waals surface area contributed by atoms with Crippen molar-refractivity contribution >= 4 is 17.4 Å². The van der Waals surface area contributed by atoms with E-state index in [-0.39, 0.29) is 5.69 Å². The van der Waals surface area contributed by atoms with Crippen molar-refractivity contribution in [2.24, 2.45) is 5.73 Å². The van der Waals surface area contributed by atoms with E-state index in [1.165, 1.54) is 0 Å². The van der Waals surface area contributed by atoms with Crippen LogP contribution in [0.5, 0.6) is 0 Å². The monoisotopic (exact) mass is 340 g/mol. The summed E-state index contributed by atoms with van der Waals surface area (Å²) in [5.41, 5.74) is 7.48. The normalized spacial score (nSPS) is 15.2. The number of primary amides is 1. The lowest BCUT2D eigenvalue weighted by Gasteiger charge is -2.34. The zero-order valence-electron chi connectivity index (χ0n) is 14.5. The first-order valence-electron chi connectivity index (χ1n) is 8.57. The van der Waals surface area contributed by atoms with E-state index in [4.69, 9.17) is 5.73 Å². The number of carbonyl (C=O) groups excluding carboxylic acids is 1. The van der Waals surface area contributed by atoms with E-state index in [0.717, 1.165) is 49.8 Å².